The van der Waals surface area contributed by atoms with Crippen LogP contribution in [-0.4, -0.2) is 15.0 Å². The maximum absolute atomic E-state index is 12.8. The van der Waals surface area contributed by atoms with E-state index in [1.807, 2.05) is 32.0 Å². The van der Waals surface area contributed by atoms with E-state index >= 15 is 0 Å². The fourth-order valence-electron chi connectivity index (χ4n) is 3.24. The molecule has 1 atom stereocenters. The first-order valence-corrected chi connectivity index (χ1v) is 9.83. The molecule has 2 aromatic rings. The van der Waals surface area contributed by atoms with Gasteiger partial charge < -0.3 is 4.74 Å². The van der Waals surface area contributed by atoms with E-state index < -0.39 is 10.0 Å². The minimum Gasteiger partial charge on any atom is -0.494 e. The van der Waals surface area contributed by atoms with Gasteiger partial charge in [0.05, 0.1) is 11.5 Å². The second-order valence-electron chi connectivity index (χ2n) is 6.13. The van der Waals surface area contributed by atoms with Crippen molar-refractivity contribution in [3.8, 4) is 5.75 Å². The van der Waals surface area contributed by atoms with Gasteiger partial charge >= 0.3 is 0 Å². The van der Waals surface area contributed by atoms with E-state index in [4.69, 9.17) is 4.74 Å². The maximum atomic E-state index is 12.8. The van der Waals surface area contributed by atoms with E-state index in [1.165, 1.54) is 5.56 Å². The van der Waals surface area contributed by atoms with Crippen LogP contribution in [0.2, 0.25) is 0 Å². The normalized spacial score (nSPS) is 17.3. The van der Waals surface area contributed by atoms with E-state index in [-0.39, 0.29) is 10.9 Å². The Kier molecular flexibility index (Phi) is 4.92. The van der Waals surface area contributed by atoms with Gasteiger partial charge in [-0.15, -0.1) is 0 Å². The summed E-state index contributed by atoms with van der Waals surface area (Å²) in [6, 6.07) is 12.9. The van der Waals surface area contributed by atoms with Crippen LogP contribution in [0.4, 0.5) is 0 Å². The van der Waals surface area contributed by atoms with Gasteiger partial charge in [-0.25, -0.2) is 13.1 Å². The highest BCUT2D eigenvalue weighted by molar-refractivity contribution is 7.89. The largest absolute Gasteiger partial charge is 0.494 e. The lowest BCUT2D eigenvalue weighted by Crippen LogP contribution is -2.31. The van der Waals surface area contributed by atoms with Crippen molar-refractivity contribution in [1.82, 2.24) is 4.72 Å². The smallest absolute Gasteiger partial charge is 0.241 e. The molecule has 1 N–H and O–H groups in total. The minimum absolute atomic E-state index is 0.160. The third-order valence-electron chi connectivity index (χ3n) is 4.42. The van der Waals surface area contributed by atoms with E-state index in [1.54, 1.807) is 18.2 Å². The molecule has 0 saturated heterocycles. The molecule has 0 aliphatic heterocycles. The van der Waals surface area contributed by atoms with E-state index in [0.717, 1.165) is 36.1 Å². The first kappa shape index (κ1) is 17.0. The number of hydrogen-bond acceptors (Lipinski definition) is 3. The molecule has 2 aromatic carbocycles. The molecule has 24 heavy (non-hydrogen) atoms. The molecule has 0 bridgehead atoms. The lowest BCUT2D eigenvalue weighted by atomic mass is 9.88. The van der Waals surface area contributed by atoms with Crippen molar-refractivity contribution in [3.63, 3.8) is 0 Å². The fraction of sp³-hybridized carbons (Fsp3) is 0.368. The van der Waals surface area contributed by atoms with Crippen LogP contribution in [-0.2, 0) is 16.4 Å². The van der Waals surface area contributed by atoms with Crippen LogP contribution in [0.25, 0.3) is 0 Å². The molecule has 0 saturated carbocycles. The van der Waals surface area contributed by atoms with Crippen molar-refractivity contribution in [2.45, 2.75) is 44.0 Å². The zero-order valence-electron chi connectivity index (χ0n) is 14.1. The fourth-order valence-corrected chi connectivity index (χ4v) is 4.57. The topological polar surface area (TPSA) is 55.4 Å². The zero-order valence-corrected chi connectivity index (χ0v) is 14.9. The van der Waals surface area contributed by atoms with E-state index in [0.29, 0.717) is 6.61 Å². The molecule has 0 unspecified atom stereocenters. The molecule has 0 aromatic heterocycles. The van der Waals surface area contributed by atoms with E-state index in [9.17, 15) is 8.42 Å². The molecule has 1 aliphatic carbocycles. The molecule has 0 fully saturated rings. The Morgan fingerprint density at radius 1 is 1.21 bits per heavy atom. The molecule has 4 nitrogen and oxygen atoms in total. The zero-order chi connectivity index (χ0) is 17.2. The summed E-state index contributed by atoms with van der Waals surface area (Å²) >= 11 is 0. The molecule has 1 aliphatic rings. The third-order valence-corrected chi connectivity index (χ3v) is 5.89. The average molecular weight is 345 g/mol. The van der Waals surface area contributed by atoms with Gasteiger partial charge in [0.15, 0.2) is 0 Å². The molecule has 5 heteroatoms. The van der Waals surface area contributed by atoms with Crippen LogP contribution >= 0.6 is 0 Å². The number of hydrogen-bond donors (Lipinski definition) is 1. The van der Waals surface area contributed by atoms with Crippen molar-refractivity contribution in [3.05, 3.63) is 59.2 Å². The highest BCUT2D eigenvalue weighted by Crippen LogP contribution is 2.31. The standard InChI is InChI=1S/C19H23NO3S/c1-3-23-19-12-11-16(13-14(19)2)24(21,22)20-18-10-6-8-15-7-4-5-9-17(15)18/h4-5,7,9,11-13,18,20H,3,6,8,10H2,1-2H3/t18-/m1/s1. The van der Waals surface area contributed by atoms with Crippen molar-refractivity contribution >= 4 is 10.0 Å². The Hall–Kier alpha value is -1.85. The number of fused-ring (bicyclic) bond motifs is 1. The SMILES string of the molecule is CCOc1ccc(S(=O)(=O)N[C@@H]2CCCc3ccccc32)cc1C. The first-order chi connectivity index (χ1) is 11.5. The van der Waals surface area contributed by atoms with Crippen molar-refractivity contribution < 1.29 is 13.2 Å². The Morgan fingerprint density at radius 2 is 2.00 bits per heavy atom. The minimum atomic E-state index is -3.56. The summed E-state index contributed by atoms with van der Waals surface area (Å²) in [4.78, 5) is 0.284. The summed E-state index contributed by atoms with van der Waals surface area (Å²) in [7, 11) is -3.56. The van der Waals surface area contributed by atoms with Crippen molar-refractivity contribution in [2.24, 2.45) is 0 Å². The second-order valence-corrected chi connectivity index (χ2v) is 7.84. The summed E-state index contributed by atoms with van der Waals surface area (Å²) in [6.07, 6.45) is 2.83. The average Bonchev–Trinajstić information content (AvgIpc) is 2.57. The summed E-state index contributed by atoms with van der Waals surface area (Å²) in [5, 5.41) is 0. The first-order valence-electron chi connectivity index (χ1n) is 8.35. The van der Waals surface area contributed by atoms with Gasteiger partial charge in [0.25, 0.3) is 0 Å². The van der Waals surface area contributed by atoms with Gasteiger partial charge in [0.2, 0.25) is 10.0 Å². The van der Waals surface area contributed by atoms with Gasteiger partial charge in [-0.05, 0) is 68.0 Å². The molecule has 0 heterocycles. The Labute approximate surface area is 143 Å². The van der Waals surface area contributed by atoms with Crippen LogP contribution in [0, 0.1) is 6.92 Å². The lowest BCUT2D eigenvalue weighted by Gasteiger charge is -2.26. The maximum Gasteiger partial charge on any atom is 0.241 e. The predicted molar refractivity (Wildman–Crippen MR) is 94.8 cm³/mol. The van der Waals surface area contributed by atoms with Crippen LogP contribution in [0.3, 0.4) is 0 Å². The van der Waals surface area contributed by atoms with E-state index in [2.05, 4.69) is 10.8 Å². The molecular formula is C19H23NO3S. The van der Waals surface area contributed by atoms with Gasteiger partial charge in [0, 0.05) is 6.04 Å². The summed E-state index contributed by atoms with van der Waals surface area (Å²) < 4.78 is 33.9. The van der Waals surface area contributed by atoms with Gasteiger partial charge in [-0.3, -0.25) is 0 Å². The van der Waals surface area contributed by atoms with Crippen LogP contribution in [0.1, 0.15) is 42.5 Å². The number of benzene rings is 2. The van der Waals surface area contributed by atoms with Gasteiger partial charge in [0.1, 0.15) is 5.75 Å². The highest BCUT2D eigenvalue weighted by atomic mass is 32.2. The second kappa shape index (κ2) is 6.95. The Bertz CT molecular complexity index is 830. The molecule has 128 valence electrons. The number of ether oxygens (including phenoxy) is 1. The van der Waals surface area contributed by atoms with Gasteiger partial charge in [-0.1, -0.05) is 24.3 Å². The molecule has 3 rings (SSSR count). The van der Waals surface area contributed by atoms with Crippen LogP contribution < -0.4 is 9.46 Å². The summed E-state index contributed by atoms with van der Waals surface area (Å²) in [5.41, 5.74) is 3.15. The lowest BCUT2D eigenvalue weighted by molar-refractivity contribution is 0.337. The quantitative estimate of drug-likeness (QED) is 0.898. The summed E-state index contributed by atoms with van der Waals surface area (Å²) in [6.45, 7) is 4.33. The molecule has 0 spiro atoms. The van der Waals surface area contributed by atoms with Gasteiger partial charge in [-0.2, -0.15) is 0 Å². The number of rotatable bonds is 5. The van der Waals surface area contributed by atoms with Crippen LogP contribution in [0.5, 0.6) is 5.75 Å². The molecule has 0 amide bonds. The van der Waals surface area contributed by atoms with Crippen molar-refractivity contribution in [1.29, 1.82) is 0 Å². The summed E-state index contributed by atoms with van der Waals surface area (Å²) in [5.74, 6) is 0.722. The van der Waals surface area contributed by atoms with Crippen molar-refractivity contribution in [2.75, 3.05) is 6.61 Å². The Morgan fingerprint density at radius 3 is 2.75 bits per heavy atom. The number of aryl methyl sites for hydroxylation is 2. The third kappa shape index (κ3) is 3.47. The number of sulfonamides is 1. The molecule has 0 radical (unpaired) electrons. The monoisotopic (exact) mass is 345 g/mol. The highest BCUT2D eigenvalue weighted by Gasteiger charge is 2.25. The predicted octanol–water partition coefficient (Wildman–Crippen LogP) is 3.75. The van der Waals surface area contributed by atoms with Crippen LogP contribution in [0.15, 0.2) is 47.4 Å². The Balaban J connectivity index is 1.86. The molecular weight excluding hydrogens is 322 g/mol. The number of nitrogens with one attached hydrogen (secondary N) is 1.